The molecular weight excluding hydrogens is 284 g/mol. The Morgan fingerprint density at radius 1 is 1.53 bits per heavy atom. The number of pyridine rings is 1. The second-order valence-corrected chi connectivity index (χ2v) is 7.40. The summed E-state index contributed by atoms with van der Waals surface area (Å²) < 4.78 is 24.9. The third-order valence-corrected chi connectivity index (χ3v) is 5.81. The highest BCUT2D eigenvalue weighted by atomic mass is 35.5. The van der Waals surface area contributed by atoms with Gasteiger partial charge in [0.25, 0.3) is 0 Å². The van der Waals surface area contributed by atoms with E-state index in [1.54, 1.807) is 13.0 Å². The van der Waals surface area contributed by atoms with Gasteiger partial charge in [-0.1, -0.05) is 0 Å². The smallest absolute Gasteiger partial charge is 0.199 e. The molecule has 1 aromatic heterocycles. The topological polar surface area (TPSA) is 70.8 Å². The predicted molar refractivity (Wildman–Crippen MR) is 73.0 cm³/mol. The average Bonchev–Trinajstić information content (AvgIpc) is 2.84. The number of aromatic nitrogens is 1. The van der Waals surface area contributed by atoms with Gasteiger partial charge in [0.05, 0.1) is 10.8 Å². The maximum Gasteiger partial charge on any atom is 0.199 e. The van der Waals surface area contributed by atoms with Gasteiger partial charge in [0, 0.05) is 11.6 Å². The molecule has 1 atom stereocenters. The number of halogens is 1. The first kappa shape index (κ1) is 14.3. The molecule has 4 nitrogen and oxygen atoms in total. The minimum absolute atomic E-state index is 0.0757. The molecule has 0 saturated carbocycles. The first-order chi connectivity index (χ1) is 9.00. The molecule has 1 unspecified atom stereocenters. The van der Waals surface area contributed by atoms with Crippen LogP contribution in [0.1, 0.15) is 36.6 Å². The fourth-order valence-electron chi connectivity index (χ4n) is 2.25. The van der Waals surface area contributed by atoms with Crippen LogP contribution in [-0.2, 0) is 22.7 Å². The third-order valence-electron chi connectivity index (χ3n) is 3.45. The quantitative estimate of drug-likeness (QED) is 0.799. The lowest BCUT2D eigenvalue weighted by Crippen LogP contribution is -2.21. The zero-order valence-electron chi connectivity index (χ0n) is 10.7. The molecule has 0 spiro atoms. The third kappa shape index (κ3) is 2.60. The molecule has 0 N–H and O–H groups in total. The SMILES string of the molecule is CC(CCCl)S(=O)(=O)c1nc2c(cc1C#N)CCC2. The van der Waals surface area contributed by atoms with Crippen molar-refractivity contribution in [3.8, 4) is 6.07 Å². The van der Waals surface area contributed by atoms with Crippen LogP contribution >= 0.6 is 11.6 Å². The van der Waals surface area contributed by atoms with Gasteiger partial charge in [-0.3, -0.25) is 0 Å². The number of hydrogen-bond donors (Lipinski definition) is 0. The van der Waals surface area contributed by atoms with Gasteiger partial charge in [-0.25, -0.2) is 13.4 Å². The van der Waals surface area contributed by atoms with Crippen molar-refractivity contribution in [1.29, 1.82) is 5.26 Å². The standard InChI is InChI=1S/C13H15ClN2O2S/c1-9(5-6-14)19(17,18)13-11(8-15)7-10-3-2-4-12(10)16-13/h7,9H,2-6H2,1H3. The van der Waals surface area contributed by atoms with Crippen molar-refractivity contribution in [3.05, 3.63) is 22.9 Å². The van der Waals surface area contributed by atoms with Crippen LogP contribution < -0.4 is 0 Å². The van der Waals surface area contributed by atoms with E-state index in [9.17, 15) is 8.42 Å². The van der Waals surface area contributed by atoms with E-state index < -0.39 is 15.1 Å². The highest BCUT2D eigenvalue weighted by molar-refractivity contribution is 7.92. The lowest BCUT2D eigenvalue weighted by Gasteiger charge is -2.13. The molecule has 0 amide bonds. The highest BCUT2D eigenvalue weighted by Crippen LogP contribution is 2.27. The number of fused-ring (bicyclic) bond motifs is 1. The van der Waals surface area contributed by atoms with Crippen molar-refractivity contribution < 1.29 is 8.42 Å². The average molecular weight is 299 g/mol. The molecule has 1 aliphatic carbocycles. The second kappa shape index (κ2) is 5.48. The Hall–Kier alpha value is -1.12. The van der Waals surface area contributed by atoms with Gasteiger partial charge in [0.1, 0.15) is 6.07 Å². The molecule has 2 rings (SSSR count). The van der Waals surface area contributed by atoms with Gasteiger partial charge in [-0.05, 0) is 44.2 Å². The lowest BCUT2D eigenvalue weighted by atomic mass is 10.2. The fraction of sp³-hybridized carbons (Fsp3) is 0.538. The van der Waals surface area contributed by atoms with Crippen molar-refractivity contribution >= 4 is 21.4 Å². The van der Waals surface area contributed by atoms with E-state index in [4.69, 9.17) is 16.9 Å². The molecule has 0 bridgehead atoms. The number of hydrogen-bond acceptors (Lipinski definition) is 4. The van der Waals surface area contributed by atoms with Crippen LogP contribution in [0.3, 0.4) is 0 Å². The van der Waals surface area contributed by atoms with Gasteiger partial charge in [0.15, 0.2) is 14.9 Å². The summed E-state index contributed by atoms with van der Waals surface area (Å²) >= 11 is 5.61. The Bertz CT molecular complexity index is 635. The van der Waals surface area contributed by atoms with E-state index >= 15 is 0 Å². The largest absolute Gasteiger partial charge is 0.240 e. The maximum absolute atomic E-state index is 12.4. The normalized spacial score (nSPS) is 15.8. The molecule has 0 aliphatic heterocycles. The summed E-state index contributed by atoms with van der Waals surface area (Å²) in [5.74, 6) is 0.271. The summed E-state index contributed by atoms with van der Waals surface area (Å²) in [5, 5.41) is 8.45. The monoisotopic (exact) mass is 298 g/mol. The van der Waals surface area contributed by atoms with E-state index in [1.165, 1.54) is 0 Å². The molecule has 1 heterocycles. The van der Waals surface area contributed by atoms with E-state index in [0.29, 0.717) is 6.42 Å². The van der Waals surface area contributed by atoms with Gasteiger partial charge in [-0.15, -0.1) is 11.6 Å². The van der Waals surface area contributed by atoms with Crippen molar-refractivity contribution in [1.82, 2.24) is 4.98 Å². The molecule has 1 aliphatic rings. The molecule has 1 aromatic rings. The summed E-state index contributed by atoms with van der Waals surface area (Å²) in [7, 11) is -3.58. The summed E-state index contributed by atoms with van der Waals surface area (Å²) in [4.78, 5) is 4.25. The van der Waals surface area contributed by atoms with Crippen LogP contribution in [-0.4, -0.2) is 24.5 Å². The van der Waals surface area contributed by atoms with Gasteiger partial charge in [0.2, 0.25) is 0 Å². The van der Waals surface area contributed by atoms with Gasteiger partial charge < -0.3 is 0 Å². The minimum atomic E-state index is -3.58. The predicted octanol–water partition coefficient (Wildman–Crippen LogP) is 2.23. The molecule has 6 heteroatoms. The van der Waals surface area contributed by atoms with Gasteiger partial charge >= 0.3 is 0 Å². The second-order valence-electron chi connectivity index (χ2n) is 4.75. The minimum Gasteiger partial charge on any atom is -0.240 e. The fourth-order valence-corrected chi connectivity index (χ4v) is 4.16. The van der Waals surface area contributed by atoms with Crippen LogP contribution in [0.5, 0.6) is 0 Å². The van der Waals surface area contributed by atoms with Crippen LogP contribution in [0.15, 0.2) is 11.1 Å². The number of rotatable bonds is 4. The van der Waals surface area contributed by atoms with Crippen LogP contribution in [0.2, 0.25) is 0 Å². The van der Waals surface area contributed by atoms with E-state index in [1.807, 2.05) is 6.07 Å². The highest BCUT2D eigenvalue weighted by Gasteiger charge is 2.29. The van der Waals surface area contributed by atoms with Crippen molar-refractivity contribution in [2.24, 2.45) is 0 Å². The Morgan fingerprint density at radius 3 is 2.89 bits per heavy atom. The summed E-state index contributed by atoms with van der Waals surface area (Å²) in [5.41, 5.74) is 1.97. The van der Waals surface area contributed by atoms with E-state index in [0.717, 1.165) is 30.5 Å². The van der Waals surface area contributed by atoms with E-state index in [-0.39, 0.29) is 16.5 Å². The molecule has 19 heavy (non-hydrogen) atoms. The van der Waals surface area contributed by atoms with Crippen molar-refractivity contribution in [3.63, 3.8) is 0 Å². The van der Waals surface area contributed by atoms with Crippen LogP contribution in [0.4, 0.5) is 0 Å². The van der Waals surface area contributed by atoms with Gasteiger partial charge in [-0.2, -0.15) is 5.26 Å². The molecule has 0 saturated heterocycles. The maximum atomic E-state index is 12.4. The first-order valence-corrected chi connectivity index (χ1v) is 8.31. The Labute approximate surface area is 118 Å². The molecule has 0 radical (unpaired) electrons. The zero-order valence-corrected chi connectivity index (χ0v) is 12.3. The Balaban J connectivity index is 2.53. The summed E-state index contributed by atoms with van der Waals surface area (Å²) in [6.45, 7) is 1.60. The van der Waals surface area contributed by atoms with Crippen LogP contribution in [0, 0.1) is 11.3 Å². The molecule has 0 fully saturated rings. The molecule has 102 valence electrons. The molecule has 0 aromatic carbocycles. The number of sulfone groups is 1. The lowest BCUT2D eigenvalue weighted by molar-refractivity contribution is 0.576. The van der Waals surface area contributed by atoms with Crippen molar-refractivity contribution in [2.75, 3.05) is 5.88 Å². The number of alkyl halides is 1. The first-order valence-electron chi connectivity index (χ1n) is 6.23. The number of nitrogens with zero attached hydrogens (tertiary/aromatic N) is 2. The molecular formula is C13H15ClN2O2S. The Morgan fingerprint density at radius 2 is 2.26 bits per heavy atom. The zero-order chi connectivity index (χ0) is 14.0. The van der Waals surface area contributed by atoms with E-state index in [2.05, 4.69) is 4.98 Å². The summed E-state index contributed by atoms with van der Waals surface area (Å²) in [6.07, 6.45) is 2.98. The Kier molecular flexibility index (Phi) is 4.12. The van der Waals surface area contributed by atoms with Crippen molar-refractivity contribution in [2.45, 2.75) is 42.9 Å². The number of aryl methyl sites for hydroxylation is 2. The van der Waals surface area contributed by atoms with Crippen LogP contribution in [0.25, 0.3) is 0 Å². The number of nitriles is 1. The summed E-state index contributed by atoms with van der Waals surface area (Å²) in [6, 6.07) is 3.63.